The minimum absolute atomic E-state index is 0.126. The third kappa shape index (κ3) is 2.61. The summed E-state index contributed by atoms with van der Waals surface area (Å²) in [6, 6.07) is 7.91. The van der Waals surface area contributed by atoms with Gasteiger partial charge in [0.1, 0.15) is 10.8 Å². The maximum absolute atomic E-state index is 11.7. The molecule has 0 aliphatic heterocycles. The molecule has 1 aromatic carbocycles. The van der Waals surface area contributed by atoms with Gasteiger partial charge in [-0.15, -0.1) is 11.3 Å². The van der Waals surface area contributed by atoms with Crippen LogP contribution in [-0.4, -0.2) is 17.4 Å². The van der Waals surface area contributed by atoms with E-state index in [1.807, 2.05) is 31.2 Å². The van der Waals surface area contributed by atoms with Crippen LogP contribution in [0.5, 0.6) is 5.75 Å². The Balaban J connectivity index is 1.93. The molecule has 1 fully saturated rings. The lowest BCUT2D eigenvalue weighted by atomic mass is 10.2. The topological polar surface area (TPSA) is 39.2 Å². The number of nitrogens with zero attached hydrogens (tertiary/aromatic N) is 1. The van der Waals surface area contributed by atoms with Gasteiger partial charge in [0, 0.05) is 18.4 Å². The van der Waals surface area contributed by atoms with Gasteiger partial charge in [-0.05, 0) is 44.0 Å². The van der Waals surface area contributed by atoms with Crippen LogP contribution in [0, 0.1) is 0 Å². The second-order valence-electron chi connectivity index (χ2n) is 5.02. The summed E-state index contributed by atoms with van der Waals surface area (Å²) in [6.45, 7) is 4.26. The maximum Gasteiger partial charge on any atom is 0.171 e. The average Bonchev–Trinajstić information content (AvgIpc) is 3.19. The molecular formula is C16H17NO2S. The molecular weight excluding hydrogens is 270 g/mol. The highest BCUT2D eigenvalue weighted by Gasteiger charge is 2.31. The van der Waals surface area contributed by atoms with E-state index in [0.717, 1.165) is 39.7 Å². The minimum Gasteiger partial charge on any atom is -0.494 e. The van der Waals surface area contributed by atoms with Crippen LogP contribution in [0.15, 0.2) is 24.3 Å². The van der Waals surface area contributed by atoms with Gasteiger partial charge >= 0.3 is 0 Å². The largest absolute Gasteiger partial charge is 0.494 e. The van der Waals surface area contributed by atoms with Crippen molar-refractivity contribution in [1.82, 2.24) is 4.98 Å². The summed E-state index contributed by atoms with van der Waals surface area (Å²) in [6.07, 6.45) is 2.32. The molecule has 1 aromatic heterocycles. The van der Waals surface area contributed by atoms with Crippen molar-refractivity contribution >= 4 is 17.1 Å². The fourth-order valence-electron chi connectivity index (χ4n) is 2.20. The molecule has 1 heterocycles. The number of Topliss-reactive ketones (excluding diaryl/α,β-unsaturated/α-hetero) is 1. The zero-order valence-corrected chi connectivity index (χ0v) is 12.5. The molecule has 3 nitrogen and oxygen atoms in total. The lowest BCUT2D eigenvalue weighted by Gasteiger charge is -2.02. The Bertz CT molecular complexity index is 626. The van der Waals surface area contributed by atoms with Crippen LogP contribution in [-0.2, 0) is 0 Å². The van der Waals surface area contributed by atoms with Gasteiger partial charge in [-0.1, -0.05) is 0 Å². The molecule has 1 aliphatic carbocycles. The van der Waals surface area contributed by atoms with E-state index in [2.05, 4.69) is 0 Å². The minimum atomic E-state index is 0.126. The van der Waals surface area contributed by atoms with E-state index in [4.69, 9.17) is 9.72 Å². The first-order chi connectivity index (χ1) is 9.69. The molecule has 3 rings (SSSR count). The number of hydrogen-bond donors (Lipinski definition) is 0. The predicted molar refractivity (Wildman–Crippen MR) is 80.7 cm³/mol. The fraction of sp³-hybridized carbons (Fsp3) is 0.375. The van der Waals surface area contributed by atoms with E-state index in [-0.39, 0.29) is 5.78 Å². The molecule has 0 N–H and O–H groups in total. The summed E-state index contributed by atoms with van der Waals surface area (Å²) in [4.78, 5) is 17.3. The second-order valence-corrected chi connectivity index (χ2v) is 6.02. The van der Waals surface area contributed by atoms with E-state index >= 15 is 0 Å². The van der Waals surface area contributed by atoms with Gasteiger partial charge in [-0.2, -0.15) is 0 Å². The molecule has 1 aliphatic rings. The molecule has 20 heavy (non-hydrogen) atoms. The molecule has 0 bridgehead atoms. The molecule has 104 valence electrons. The normalized spacial score (nSPS) is 14.3. The van der Waals surface area contributed by atoms with Gasteiger partial charge in [0.15, 0.2) is 5.78 Å². The number of carbonyl (C=O) groups is 1. The van der Waals surface area contributed by atoms with E-state index in [1.54, 1.807) is 6.92 Å². The van der Waals surface area contributed by atoms with Crippen LogP contribution in [0.2, 0.25) is 0 Å². The average molecular weight is 287 g/mol. The van der Waals surface area contributed by atoms with Crippen LogP contribution in [0.1, 0.15) is 48.0 Å². The van der Waals surface area contributed by atoms with Gasteiger partial charge in [-0.25, -0.2) is 4.98 Å². The monoisotopic (exact) mass is 287 g/mol. The van der Waals surface area contributed by atoms with Crippen LogP contribution < -0.4 is 4.74 Å². The number of ether oxygens (including phenoxy) is 1. The zero-order chi connectivity index (χ0) is 14.1. The first-order valence-corrected chi connectivity index (χ1v) is 7.75. The maximum atomic E-state index is 11.7. The van der Waals surface area contributed by atoms with Crippen molar-refractivity contribution in [2.45, 2.75) is 32.6 Å². The number of carbonyl (C=O) groups excluding carboxylic acids is 1. The number of aromatic nitrogens is 1. The highest BCUT2D eigenvalue weighted by Crippen LogP contribution is 2.44. The highest BCUT2D eigenvalue weighted by atomic mass is 32.1. The Morgan fingerprint density at radius 3 is 2.60 bits per heavy atom. The standard InChI is InChI=1S/C16H17NO2S/c1-3-19-13-8-6-12(7-9-13)16-17-14(11-4-5-11)15(20-16)10(2)18/h6-9,11H,3-5H2,1-2H3. The zero-order valence-electron chi connectivity index (χ0n) is 11.7. The summed E-state index contributed by atoms with van der Waals surface area (Å²) in [5, 5.41) is 0.931. The van der Waals surface area contributed by atoms with Crippen molar-refractivity contribution in [1.29, 1.82) is 0 Å². The summed E-state index contributed by atoms with van der Waals surface area (Å²) in [5.74, 6) is 1.49. The molecule has 0 radical (unpaired) electrons. The van der Waals surface area contributed by atoms with Crippen LogP contribution in [0.3, 0.4) is 0 Å². The highest BCUT2D eigenvalue weighted by molar-refractivity contribution is 7.17. The van der Waals surface area contributed by atoms with Gasteiger partial charge < -0.3 is 4.74 Å². The number of benzene rings is 1. The van der Waals surface area contributed by atoms with Crippen molar-refractivity contribution in [3.63, 3.8) is 0 Å². The van der Waals surface area contributed by atoms with Crippen LogP contribution in [0.25, 0.3) is 10.6 Å². The molecule has 0 unspecified atom stereocenters. The SMILES string of the molecule is CCOc1ccc(-c2nc(C3CC3)c(C(C)=O)s2)cc1. The van der Waals surface area contributed by atoms with Crippen molar-refractivity contribution in [3.05, 3.63) is 34.8 Å². The number of rotatable bonds is 5. The Kier molecular flexibility index (Phi) is 3.57. The Morgan fingerprint density at radius 1 is 1.35 bits per heavy atom. The van der Waals surface area contributed by atoms with Crippen LogP contribution >= 0.6 is 11.3 Å². The van der Waals surface area contributed by atoms with Gasteiger partial charge in [0.2, 0.25) is 0 Å². The van der Waals surface area contributed by atoms with E-state index < -0.39 is 0 Å². The smallest absolute Gasteiger partial charge is 0.171 e. The third-order valence-corrected chi connectivity index (χ3v) is 4.57. The lowest BCUT2D eigenvalue weighted by Crippen LogP contribution is -1.93. The number of thiazole rings is 1. The van der Waals surface area contributed by atoms with Crippen molar-refractivity contribution in [2.75, 3.05) is 6.61 Å². The quantitative estimate of drug-likeness (QED) is 0.770. The molecule has 0 saturated heterocycles. The second kappa shape index (κ2) is 5.37. The third-order valence-electron chi connectivity index (χ3n) is 3.35. The summed E-state index contributed by atoms with van der Waals surface area (Å²) in [5.41, 5.74) is 2.05. The van der Waals surface area contributed by atoms with E-state index in [0.29, 0.717) is 12.5 Å². The number of hydrogen-bond acceptors (Lipinski definition) is 4. The van der Waals surface area contributed by atoms with Crippen molar-refractivity contribution in [3.8, 4) is 16.3 Å². The van der Waals surface area contributed by atoms with Gasteiger partial charge in [0.25, 0.3) is 0 Å². The molecule has 0 atom stereocenters. The van der Waals surface area contributed by atoms with E-state index in [1.165, 1.54) is 11.3 Å². The molecule has 2 aromatic rings. The lowest BCUT2D eigenvalue weighted by molar-refractivity contribution is 0.102. The fourth-order valence-corrected chi connectivity index (χ4v) is 3.25. The summed E-state index contributed by atoms with van der Waals surface area (Å²) < 4.78 is 5.44. The predicted octanol–water partition coefficient (Wildman–Crippen LogP) is 4.29. The molecule has 4 heteroatoms. The van der Waals surface area contributed by atoms with Crippen molar-refractivity contribution in [2.24, 2.45) is 0 Å². The van der Waals surface area contributed by atoms with Gasteiger partial charge in [0.05, 0.1) is 17.2 Å². The molecule has 0 spiro atoms. The first-order valence-electron chi connectivity index (χ1n) is 6.94. The van der Waals surface area contributed by atoms with Gasteiger partial charge in [-0.3, -0.25) is 4.79 Å². The Labute approximate surface area is 122 Å². The van der Waals surface area contributed by atoms with E-state index in [9.17, 15) is 4.79 Å². The molecule has 1 saturated carbocycles. The Morgan fingerprint density at radius 2 is 2.05 bits per heavy atom. The first kappa shape index (κ1) is 13.3. The Hall–Kier alpha value is -1.68. The summed E-state index contributed by atoms with van der Waals surface area (Å²) >= 11 is 1.51. The number of ketones is 1. The van der Waals surface area contributed by atoms with Crippen molar-refractivity contribution < 1.29 is 9.53 Å². The van der Waals surface area contributed by atoms with Crippen LogP contribution in [0.4, 0.5) is 0 Å². The summed E-state index contributed by atoms with van der Waals surface area (Å²) in [7, 11) is 0. The molecule has 0 amide bonds.